The normalized spacial score (nSPS) is 19.9. The first-order valence-electron chi connectivity index (χ1n) is 7.94. The monoisotopic (exact) mass is 431 g/mol. The quantitative estimate of drug-likeness (QED) is 0.606. The third-order valence-corrected chi connectivity index (χ3v) is 5.56. The van der Waals surface area contributed by atoms with Crippen LogP contribution in [0, 0.1) is 6.92 Å². The summed E-state index contributed by atoms with van der Waals surface area (Å²) >= 11 is 17.5. The third-order valence-electron chi connectivity index (χ3n) is 4.76. The molecule has 27 heavy (non-hydrogen) atoms. The predicted octanol–water partition coefficient (Wildman–Crippen LogP) is 5.96. The van der Waals surface area contributed by atoms with Gasteiger partial charge in [0.05, 0.1) is 17.5 Å². The molecule has 0 aliphatic carbocycles. The number of aromatic carboxylic acids is 1. The van der Waals surface area contributed by atoms with E-state index in [9.17, 15) is 13.6 Å². The number of aliphatic imine (C=N–C) groups is 1. The van der Waals surface area contributed by atoms with Crippen LogP contribution < -0.4 is 0 Å². The number of carbonyl (C=O) groups is 1. The second kappa shape index (κ2) is 7.04. The second-order valence-electron chi connectivity index (χ2n) is 6.51. The largest absolute Gasteiger partial charge is 0.478 e. The van der Waals surface area contributed by atoms with Crippen molar-refractivity contribution in [3.05, 3.63) is 68.7 Å². The molecule has 1 aliphatic heterocycles. The van der Waals surface area contributed by atoms with E-state index >= 15 is 0 Å². The Bertz CT molecular complexity index is 936. The molecule has 1 unspecified atom stereocenters. The van der Waals surface area contributed by atoms with E-state index in [0.29, 0.717) is 16.8 Å². The molecule has 0 fully saturated rings. The number of aryl methyl sites for hydroxylation is 1. The van der Waals surface area contributed by atoms with E-state index in [0.717, 1.165) is 0 Å². The molecule has 0 saturated carbocycles. The van der Waals surface area contributed by atoms with Crippen molar-refractivity contribution in [1.29, 1.82) is 0 Å². The molecule has 1 aliphatic rings. The first-order chi connectivity index (χ1) is 12.5. The first kappa shape index (κ1) is 20.1. The Balaban J connectivity index is 2.02. The van der Waals surface area contributed by atoms with Crippen LogP contribution in [0.2, 0.25) is 10.0 Å². The fourth-order valence-electron chi connectivity index (χ4n) is 3.28. The fraction of sp³-hybridized carbons (Fsp3) is 0.263. The number of carboxylic acids is 1. The summed E-state index contributed by atoms with van der Waals surface area (Å²) in [7, 11) is 0. The summed E-state index contributed by atoms with van der Waals surface area (Å²) < 4.78 is 29.0. The molecule has 0 amide bonds. The Morgan fingerprint density at radius 1 is 1.19 bits per heavy atom. The Kier molecular flexibility index (Phi) is 5.23. The molecule has 1 atom stereocenters. The average molecular weight is 433 g/mol. The molecule has 3 nitrogen and oxygen atoms in total. The highest BCUT2D eigenvalue weighted by molar-refractivity contribution is 6.34. The number of alkyl halides is 3. The molecule has 0 spiro atoms. The molecule has 8 heteroatoms. The summed E-state index contributed by atoms with van der Waals surface area (Å²) in [6.45, 7) is 1.40. The maximum atomic E-state index is 14.5. The smallest absolute Gasteiger partial charge is 0.335 e. The SMILES string of the molecule is Cc1cc(C2=NCC(c3cc(Cl)cc(Cl)c3)(C(F)(F)Cl)C2)ccc1C(=O)O. The van der Waals surface area contributed by atoms with Crippen molar-refractivity contribution >= 4 is 46.5 Å². The lowest BCUT2D eigenvalue weighted by Crippen LogP contribution is -2.43. The number of hydrogen-bond donors (Lipinski definition) is 1. The maximum Gasteiger partial charge on any atom is 0.335 e. The van der Waals surface area contributed by atoms with Crippen LogP contribution in [0.1, 0.15) is 33.5 Å². The zero-order chi connectivity index (χ0) is 20.0. The van der Waals surface area contributed by atoms with Crippen molar-refractivity contribution in [2.45, 2.75) is 24.1 Å². The number of hydrogen-bond acceptors (Lipinski definition) is 2. The summed E-state index contributed by atoms with van der Waals surface area (Å²) in [6.07, 6.45) is -0.133. The van der Waals surface area contributed by atoms with Crippen LogP contribution in [0.5, 0.6) is 0 Å². The van der Waals surface area contributed by atoms with Crippen molar-refractivity contribution in [3.63, 3.8) is 0 Å². The van der Waals surface area contributed by atoms with Crippen molar-refractivity contribution in [3.8, 4) is 0 Å². The van der Waals surface area contributed by atoms with Crippen molar-refractivity contribution in [1.82, 2.24) is 0 Å². The number of nitrogens with zero attached hydrogens (tertiary/aromatic N) is 1. The van der Waals surface area contributed by atoms with Crippen LogP contribution in [0.3, 0.4) is 0 Å². The average Bonchev–Trinajstić information content (AvgIpc) is 3.00. The Hall–Kier alpha value is -1.69. The molecule has 0 bridgehead atoms. The topological polar surface area (TPSA) is 49.7 Å². The summed E-state index contributed by atoms with van der Waals surface area (Å²) in [6, 6.07) is 8.91. The molecule has 0 saturated heterocycles. The van der Waals surface area contributed by atoms with E-state index in [1.54, 1.807) is 19.1 Å². The zero-order valence-electron chi connectivity index (χ0n) is 14.1. The Morgan fingerprint density at radius 2 is 1.81 bits per heavy atom. The molecular formula is C19H14Cl3F2NO2. The van der Waals surface area contributed by atoms with Gasteiger partial charge in [0.15, 0.2) is 0 Å². The third kappa shape index (κ3) is 3.68. The van der Waals surface area contributed by atoms with Gasteiger partial charge in [-0.2, -0.15) is 8.78 Å². The van der Waals surface area contributed by atoms with Crippen molar-refractivity contribution in [2.75, 3.05) is 6.54 Å². The van der Waals surface area contributed by atoms with Crippen molar-refractivity contribution < 1.29 is 18.7 Å². The second-order valence-corrected chi connectivity index (χ2v) is 7.86. The lowest BCUT2D eigenvalue weighted by atomic mass is 9.77. The van der Waals surface area contributed by atoms with Crippen LogP contribution in [-0.2, 0) is 5.41 Å². The zero-order valence-corrected chi connectivity index (χ0v) is 16.3. The van der Waals surface area contributed by atoms with Gasteiger partial charge in [-0.25, -0.2) is 4.79 Å². The summed E-state index contributed by atoms with van der Waals surface area (Å²) in [4.78, 5) is 15.5. The molecule has 0 aromatic heterocycles. The van der Waals surface area contributed by atoms with Gasteiger partial charge in [-0.05, 0) is 65.5 Å². The van der Waals surface area contributed by atoms with Gasteiger partial charge in [0.1, 0.15) is 0 Å². The molecule has 0 radical (unpaired) electrons. The van der Waals surface area contributed by atoms with E-state index in [1.807, 2.05) is 0 Å². The minimum absolute atomic E-state index is 0.133. The summed E-state index contributed by atoms with van der Waals surface area (Å²) in [5.74, 6) is -1.05. The van der Waals surface area contributed by atoms with Crippen molar-refractivity contribution in [2.24, 2.45) is 4.99 Å². The molecule has 1 N–H and O–H groups in total. The predicted molar refractivity (Wildman–Crippen MR) is 103 cm³/mol. The Morgan fingerprint density at radius 3 is 2.33 bits per heavy atom. The van der Waals surface area contributed by atoms with Gasteiger partial charge in [0.25, 0.3) is 0 Å². The van der Waals surface area contributed by atoms with Gasteiger partial charge in [-0.1, -0.05) is 29.3 Å². The molecule has 142 valence electrons. The highest BCUT2D eigenvalue weighted by atomic mass is 35.5. The van der Waals surface area contributed by atoms with E-state index in [2.05, 4.69) is 4.99 Å². The van der Waals surface area contributed by atoms with Gasteiger partial charge in [0, 0.05) is 22.2 Å². The fourth-order valence-corrected chi connectivity index (χ4v) is 4.04. The van der Waals surface area contributed by atoms with Gasteiger partial charge >= 0.3 is 11.4 Å². The van der Waals surface area contributed by atoms with E-state index in [4.69, 9.17) is 39.9 Å². The van der Waals surface area contributed by atoms with Crippen LogP contribution >= 0.6 is 34.8 Å². The molecule has 2 aromatic rings. The van der Waals surface area contributed by atoms with Crippen LogP contribution in [0.4, 0.5) is 8.78 Å². The molecule has 1 heterocycles. The van der Waals surface area contributed by atoms with Crippen LogP contribution in [-0.4, -0.2) is 28.7 Å². The Labute approximate surface area is 169 Å². The highest BCUT2D eigenvalue weighted by Crippen LogP contribution is 2.50. The van der Waals surface area contributed by atoms with Crippen LogP contribution in [0.25, 0.3) is 0 Å². The van der Waals surface area contributed by atoms with E-state index < -0.39 is 16.8 Å². The summed E-state index contributed by atoms with van der Waals surface area (Å²) in [5.41, 5.74) is 0.0756. The molecule has 3 rings (SSSR count). The maximum absolute atomic E-state index is 14.5. The van der Waals surface area contributed by atoms with Gasteiger partial charge in [-0.15, -0.1) is 0 Å². The van der Waals surface area contributed by atoms with Crippen LogP contribution in [0.15, 0.2) is 41.4 Å². The van der Waals surface area contributed by atoms with Gasteiger partial charge < -0.3 is 5.11 Å². The number of carboxylic acid groups (broad SMARTS) is 1. The number of halogens is 5. The van der Waals surface area contributed by atoms with E-state index in [-0.39, 0.29) is 34.1 Å². The standard InChI is InChI=1S/C19H14Cl3F2NO2/c1-10-4-11(2-3-15(10)17(26)27)16-8-18(9-25-16,19(22,23)24)12-5-13(20)7-14(21)6-12/h2-7H,8-9H2,1H3,(H,26,27). The highest BCUT2D eigenvalue weighted by Gasteiger charge is 2.56. The van der Waals surface area contributed by atoms with Gasteiger partial charge in [-0.3, -0.25) is 4.99 Å². The number of benzene rings is 2. The minimum atomic E-state index is -3.59. The lowest BCUT2D eigenvalue weighted by Gasteiger charge is -2.33. The van der Waals surface area contributed by atoms with E-state index in [1.165, 1.54) is 24.3 Å². The molecular weight excluding hydrogens is 419 g/mol. The van der Waals surface area contributed by atoms with Gasteiger partial charge in [0.2, 0.25) is 0 Å². The first-order valence-corrected chi connectivity index (χ1v) is 9.08. The minimum Gasteiger partial charge on any atom is -0.478 e. The number of rotatable bonds is 4. The molecule has 2 aromatic carbocycles. The lowest BCUT2D eigenvalue weighted by molar-refractivity contribution is 0.0140. The summed E-state index contributed by atoms with van der Waals surface area (Å²) in [5, 5.41) is 6.00.